The van der Waals surface area contributed by atoms with Gasteiger partial charge < -0.3 is 15.8 Å². The molecule has 2 aromatic rings. The maximum absolute atomic E-state index is 12.2. The Bertz CT molecular complexity index is 703. The molecular formula is C20H25ClN2O2. The van der Waals surface area contributed by atoms with E-state index in [0.717, 1.165) is 24.0 Å². The molecule has 0 aliphatic carbocycles. The van der Waals surface area contributed by atoms with Crippen LogP contribution in [0.15, 0.2) is 48.5 Å². The van der Waals surface area contributed by atoms with Crippen LogP contribution < -0.4 is 11.1 Å². The van der Waals surface area contributed by atoms with E-state index in [4.69, 9.17) is 10.5 Å². The third-order valence-electron chi connectivity index (χ3n) is 4.44. The van der Waals surface area contributed by atoms with Crippen LogP contribution in [-0.2, 0) is 16.1 Å². The SMILES string of the molecule is Cc1ccc(-c2cccc(CNC(=O)[C@@H]3CC[C@H](CN)O3)c2)cc1.Cl. The predicted octanol–water partition coefficient (Wildman–Crippen LogP) is 3.21. The molecule has 134 valence electrons. The van der Waals surface area contributed by atoms with Crippen LogP contribution in [0.25, 0.3) is 11.1 Å². The zero-order chi connectivity index (χ0) is 16.9. The Labute approximate surface area is 155 Å². The molecule has 3 N–H and O–H groups in total. The normalized spacial score (nSPS) is 19.3. The number of aryl methyl sites for hydroxylation is 1. The van der Waals surface area contributed by atoms with Crippen molar-refractivity contribution in [2.24, 2.45) is 5.73 Å². The Balaban J connectivity index is 0.00000225. The highest BCUT2D eigenvalue weighted by molar-refractivity contribution is 5.85. The zero-order valence-corrected chi connectivity index (χ0v) is 15.2. The molecular weight excluding hydrogens is 336 g/mol. The lowest BCUT2D eigenvalue weighted by Crippen LogP contribution is -2.35. The summed E-state index contributed by atoms with van der Waals surface area (Å²) in [5, 5.41) is 2.97. The Morgan fingerprint density at radius 1 is 1.16 bits per heavy atom. The molecule has 2 aromatic carbocycles. The minimum absolute atomic E-state index is 0. The van der Waals surface area contributed by atoms with Crippen molar-refractivity contribution in [1.82, 2.24) is 5.32 Å². The topological polar surface area (TPSA) is 64.4 Å². The van der Waals surface area contributed by atoms with Crippen LogP contribution in [0.3, 0.4) is 0 Å². The van der Waals surface area contributed by atoms with Gasteiger partial charge in [-0.3, -0.25) is 4.79 Å². The van der Waals surface area contributed by atoms with Gasteiger partial charge in [-0.15, -0.1) is 12.4 Å². The van der Waals surface area contributed by atoms with Crippen LogP contribution in [0.4, 0.5) is 0 Å². The summed E-state index contributed by atoms with van der Waals surface area (Å²) in [7, 11) is 0. The molecule has 0 bridgehead atoms. The van der Waals surface area contributed by atoms with Crippen molar-refractivity contribution in [3.05, 3.63) is 59.7 Å². The lowest BCUT2D eigenvalue weighted by Gasteiger charge is -2.13. The van der Waals surface area contributed by atoms with E-state index < -0.39 is 0 Å². The number of benzene rings is 2. The largest absolute Gasteiger partial charge is 0.364 e. The summed E-state index contributed by atoms with van der Waals surface area (Å²) in [4.78, 5) is 12.2. The molecule has 0 saturated carbocycles. The van der Waals surface area contributed by atoms with Gasteiger partial charge >= 0.3 is 0 Å². The van der Waals surface area contributed by atoms with Gasteiger partial charge in [-0.2, -0.15) is 0 Å². The van der Waals surface area contributed by atoms with Gasteiger partial charge in [-0.25, -0.2) is 0 Å². The molecule has 1 heterocycles. The summed E-state index contributed by atoms with van der Waals surface area (Å²) < 4.78 is 5.63. The summed E-state index contributed by atoms with van der Waals surface area (Å²) in [5.41, 5.74) is 10.2. The third kappa shape index (κ3) is 5.05. The molecule has 0 spiro atoms. The molecule has 3 rings (SSSR count). The summed E-state index contributed by atoms with van der Waals surface area (Å²) in [6.45, 7) is 3.06. The highest BCUT2D eigenvalue weighted by Gasteiger charge is 2.29. The quantitative estimate of drug-likeness (QED) is 0.860. The van der Waals surface area contributed by atoms with Gasteiger partial charge in [0.05, 0.1) is 6.10 Å². The van der Waals surface area contributed by atoms with Crippen LogP contribution in [-0.4, -0.2) is 24.7 Å². The molecule has 5 heteroatoms. The van der Waals surface area contributed by atoms with Crippen LogP contribution in [0.5, 0.6) is 0 Å². The number of carbonyl (C=O) groups is 1. The second-order valence-electron chi connectivity index (χ2n) is 6.34. The first-order valence-electron chi connectivity index (χ1n) is 8.45. The van der Waals surface area contributed by atoms with Crippen molar-refractivity contribution < 1.29 is 9.53 Å². The lowest BCUT2D eigenvalue weighted by molar-refractivity contribution is -0.132. The predicted molar refractivity (Wildman–Crippen MR) is 103 cm³/mol. The molecule has 1 aliphatic heterocycles. The maximum atomic E-state index is 12.2. The second-order valence-corrected chi connectivity index (χ2v) is 6.34. The molecule has 0 unspecified atom stereocenters. The average Bonchev–Trinajstić information content (AvgIpc) is 3.10. The van der Waals surface area contributed by atoms with E-state index in [1.165, 1.54) is 11.1 Å². The first kappa shape index (κ1) is 19.4. The highest BCUT2D eigenvalue weighted by atomic mass is 35.5. The van der Waals surface area contributed by atoms with Crippen LogP contribution in [0.1, 0.15) is 24.0 Å². The number of hydrogen-bond donors (Lipinski definition) is 2. The number of nitrogens with two attached hydrogens (primary N) is 1. The lowest BCUT2D eigenvalue weighted by atomic mass is 10.0. The van der Waals surface area contributed by atoms with E-state index in [1.54, 1.807) is 0 Å². The zero-order valence-electron chi connectivity index (χ0n) is 14.4. The van der Waals surface area contributed by atoms with Gasteiger partial charge in [0.1, 0.15) is 6.10 Å². The first-order chi connectivity index (χ1) is 11.7. The van der Waals surface area contributed by atoms with Crippen LogP contribution >= 0.6 is 12.4 Å². The molecule has 1 fully saturated rings. The van der Waals surface area contributed by atoms with E-state index in [1.807, 2.05) is 12.1 Å². The van der Waals surface area contributed by atoms with E-state index in [0.29, 0.717) is 13.1 Å². The minimum atomic E-state index is -0.362. The number of amides is 1. The van der Waals surface area contributed by atoms with E-state index in [-0.39, 0.29) is 30.5 Å². The van der Waals surface area contributed by atoms with Crippen molar-refractivity contribution in [2.45, 2.75) is 38.5 Å². The Morgan fingerprint density at radius 2 is 1.92 bits per heavy atom. The van der Waals surface area contributed by atoms with Gasteiger partial charge in [-0.05, 0) is 42.5 Å². The fraction of sp³-hybridized carbons (Fsp3) is 0.350. The van der Waals surface area contributed by atoms with Gasteiger partial charge in [0, 0.05) is 13.1 Å². The number of carbonyl (C=O) groups excluding carboxylic acids is 1. The van der Waals surface area contributed by atoms with E-state index in [2.05, 4.69) is 48.6 Å². The van der Waals surface area contributed by atoms with Crippen molar-refractivity contribution in [3.8, 4) is 11.1 Å². The molecule has 1 amide bonds. The molecule has 1 saturated heterocycles. The minimum Gasteiger partial charge on any atom is -0.364 e. The van der Waals surface area contributed by atoms with Crippen molar-refractivity contribution in [3.63, 3.8) is 0 Å². The van der Waals surface area contributed by atoms with E-state index in [9.17, 15) is 4.79 Å². The van der Waals surface area contributed by atoms with Gasteiger partial charge in [0.25, 0.3) is 0 Å². The van der Waals surface area contributed by atoms with Gasteiger partial charge in [-0.1, -0.05) is 48.0 Å². The molecule has 25 heavy (non-hydrogen) atoms. The molecule has 0 aromatic heterocycles. The van der Waals surface area contributed by atoms with Crippen LogP contribution in [0, 0.1) is 6.92 Å². The Kier molecular flexibility index (Phi) is 7.00. The third-order valence-corrected chi connectivity index (χ3v) is 4.44. The first-order valence-corrected chi connectivity index (χ1v) is 8.45. The molecule has 2 atom stereocenters. The number of hydrogen-bond acceptors (Lipinski definition) is 3. The van der Waals surface area contributed by atoms with E-state index >= 15 is 0 Å². The summed E-state index contributed by atoms with van der Waals surface area (Å²) in [6.07, 6.45) is 1.26. The van der Waals surface area contributed by atoms with Gasteiger partial charge in [0.2, 0.25) is 5.91 Å². The Morgan fingerprint density at radius 3 is 2.60 bits per heavy atom. The highest BCUT2D eigenvalue weighted by Crippen LogP contribution is 2.22. The summed E-state index contributed by atoms with van der Waals surface area (Å²) in [5.74, 6) is -0.0494. The number of rotatable bonds is 5. The molecule has 1 aliphatic rings. The monoisotopic (exact) mass is 360 g/mol. The Hall–Kier alpha value is -1.88. The second kappa shape index (κ2) is 8.99. The summed E-state index contributed by atoms with van der Waals surface area (Å²) >= 11 is 0. The smallest absolute Gasteiger partial charge is 0.249 e. The summed E-state index contributed by atoms with van der Waals surface area (Å²) in [6, 6.07) is 16.7. The fourth-order valence-corrected chi connectivity index (χ4v) is 2.98. The van der Waals surface area contributed by atoms with Crippen molar-refractivity contribution in [2.75, 3.05) is 6.54 Å². The van der Waals surface area contributed by atoms with Crippen molar-refractivity contribution >= 4 is 18.3 Å². The number of nitrogens with one attached hydrogen (secondary N) is 1. The molecule has 4 nitrogen and oxygen atoms in total. The fourth-order valence-electron chi connectivity index (χ4n) is 2.98. The number of ether oxygens (including phenoxy) is 1. The van der Waals surface area contributed by atoms with Crippen LogP contribution in [0.2, 0.25) is 0 Å². The average molecular weight is 361 g/mol. The standard InChI is InChI=1S/C20H24N2O2.ClH/c1-14-5-7-16(8-6-14)17-4-2-3-15(11-17)13-22-20(23)19-10-9-18(12-21)24-19;/h2-8,11,18-19H,9-10,12-13,21H2,1H3,(H,22,23);1H/t18-,19+;/m1./s1. The van der Waals surface area contributed by atoms with Gasteiger partial charge in [0.15, 0.2) is 0 Å². The molecule has 0 radical (unpaired) electrons. The van der Waals surface area contributed by atoms with Crippen molar-refractivity contribution in [1.29, 1.82) is 0 Å². The number of halogens is 1. The maximum Gasteiger partial charge on any atom is 0.249 e.